The second kappa shape index (κ2) is 15.2. The Hall–Kier alpha value is -2.16. The van der Waals surface area contributed by atoms with Gasteiger partial charge >= 0.3 is 0 Å². The van der Waals surface area contributed by atoms with Gasteiger partial charge in [-0.05, 0) is 76.3 Å². The molecule has 288 valence electrons. The highest BCUT2D eigenvalue weighted by atomic mass is 19.1. The maximum Gasteiger partial charge on any atom is 0.259 e. The Morgan fingerprint density at radius 1 is 0.846 bits per heavy atom. The predicted octanol–water partition coefficient (Wildman–Crippen LogP) is 1.48. The number of ketones is 1. The summed E-state index contributed by atoms with van der Waals surface area (Å²) in [5, 5.41) is 6.64. The van der Waals surface area contributed by atoms with Gasteiger partial charge in [0.15, 0.2) is 5.78 Å². The molecule has 8 fully saturated rings. The van der Waals surface area contributed by atoms with Crippen molar-refractivity contribution in [3.63, 3.8) is 0 Å². The van der Waals surface area contributed by atoms with Crippen LogP contribution in [-0.2, 0) is 28.6 Å². The molecule has 2 N–H and O–H groups in total. The molecule has 5 saturated heterocycles. The molecule has 2 amide bonds. The summed E-state index contributed by atoms with van der Waals surface area (Å²) in [4.78, 5) is 49.7. The number of carbonyl (C=O) groups excluding carboxylic acids is 3. The van der Waals surface area contributed by atoms with Crippen LogP contribution in [0.25, 0.3) is 0 Å². The van der Waals surface area contributed by atoms with Gasteiger partial charge in [0.25, 0.3) is 5.91 Å². The second-order valence-corrected chi connectivity index (χ2v) is 17.2. The van der Waals surface area contributed by atoms with Gasteiger partial charge < -0.3 is 39.5 Å². The smallest absolute Gasteiger partial charge is 0.259 e. The number of nitrogens with zero attached hydrogens (tertiary/aromatic N) is 4. The fourth-order valence-corrected chi connectivity index (χ4v) is 11.8. The molecule has 0 aromatic carbocycles. The number of likely N-dealkylation sites (tertiary alicyclic amines) is 2. The lowest BCUT2D eigenvalue weighted by Crippen LogP contribution is -2.73. The van der Waals surface area contributed by atoms with Crippen LogP contribution in [0.1, 0.15) is 70.6 Å². The summed E-state index contributed by atoms with van der Waals surface area (Å²) in [6, 6.07) is -0.935. The zero-order valence-electron chi connectivity index (χ0n) is 30.7. The second-order valence-electron chi connectivity index (χ2n) is 17.2. The Morgan fingerprint density at radius 2 is 1.67 bits per heavy atom. The van der Waals surface area contributed by atoms with Crippen LogP contribution >= 0.6 is 0 Å². The maximum absolute atomic E-state index is 16.8. The van der Waals surface area contributed by atoms with Crippen LogP contribution in [0.5, 0.6) is 0 Å². The summed E-state index contributed by atoms with van der Waals surface area (Å²) < 4.78 is 36.1. The van der Waals surface area contributed by atoms with E-state index in [0.29, 0.717) is 70.3 Å². The minimum Gasteiger partial charge on any atom is -0.378 e. The number of hydrogen-bond donors (Lipinski definition) is 2. The third-order valence-electron chi connectivity index (χ3n) is 14.3. The molecule has 9 aliphatic rings. The minimum absolute atomic E-state index is 0.0287. The summed E-state index contributed by atoms with van der Waals surface area (Å²) in [7, 11) is 0. The number of ether oxygens (including phenoxy) is 3. The lowest BCUT2D eigenvalue weighted by atomic mass is 9.67. The summed E-state index contributed by atoms with van der Waals surface area (Å²) in [5.74, 6) is -0.161. The van der Waals surface area contributed by atoms with Crippen molar-refractivity contribution in [2.75, 3.05) is 72.1 Å². The van der Waals surface area contributed by atoms with E-state index in [-0.39, 0.29) is 59.9 Å². The van der Waals surface area contributed by atoms with Crippen LogP contribution in [0.4, 0.5) is 4.39 Å². The largest absolute Gasteiger partial charge is 0.378 e. The minimum atomic E-state index is -1.28. The Labute approximate surface area is 307 Å². The van der Waals surface area contributed by atoms with Gasteiger partial charge in [-0.3, -0.25) is 19.3 Å². The van der Waals surface area contributed by atoms with Crippen LogP contribution in [0.3, 0.4) is 0 Å². The molecule has 11 unspecified atom stereocenters. The van der Waals surface area contributed by atoms with Crippen LogP contribution in [0.15, 0.2) is 11.8 Å². The Kier molecular flexibility index (Phi) is 10.4. The Balaban J connectivity index is 0.911. The Bertz CT molecular complexity index is 1370. The molecule has 3 saturated carbocycles. The molecule has 0 spiro atoms. The molecule has 0 bridgehead atoms. The molecule has 52 heavy (non-hydrogen) atoms. The molecule has 12 nitrogen and oxygen atoms in total. The third kappa shape index (κ3) is 6.73. The molecule has 0 aromatic heterocycles. The number of fused-ring (bicyclic) bond motifs is 5. The number of amides is 2. The van der Waals surface area contributed by atoms with Crippen LogP contribution in [0, 0.1) is 17.8 Å². The first-order valence-electron chi connectivity index (χ1n) is 20.7. The highest BCUT2D eigenvalue weighted by Gasteiger charge is 2.62. The fraction of sp³-hybridized carbons (Fsp3) is 0.872. The lowest BCUT2D eigenvalue weighted by molar-refractivity contribution is -0.220. The van der Waals surface area contributed by atoms with Gasteiger partial charge in [-0.25, -0.2) is 4.39 Å². The summed E-state index contributed by atoms with van der Waals surface area (Å²) in [6.07, 6.45) is 10.6. The van der Waals surface area contributed by atoms with E-state index < -0.39 is 24.2 Å². The summed E-state index contributed by atoms with van der Waals surface area (Å²) in [5.41, 5.74) is 0.186. The number of halogens is 1. The highest BCUT2D eigenvalue weighted by molar-refractivity contribution is 6.20. The van der Waals surface area contributed by atoms with Gasteiger partial charge in [-0.2, -0.15) is 0 Å². The van der Waals surface area contributed by atoms with Gasteiger partial charge in [0.1, 0.15) is 6.17 Å². The molecule has 6 heterocycles. The Morgan fingerprint density at radius 3 is 2.52 bits per heavy atom. The van der Waals surface area contributed by atoms with Crippen molar-refractivity contribution in [1.29, 1.82) is 0 Å². The SMILES string of the molecule is O=C(CCNCCN1CCCC1)N[C@@H]1CCN(C2C(F)CC3C(=O)C(C(=O)N4CCOCC4)=CN4C5CC6OC7CCCCC7C6CC5OC2C34)C1. The van der Waals surface area contributed by atoms with Crippen molar-refractivity contribution in [3.05, 3.63) is 11.8 Å². The first-order valence-corrected chi connectivity index (χ1v) is 20.7. The highest BCUT2D eigenvalue weighted by Crippen LogP contribution is 2.53. The zero-order valence-corrected chi connectivity index (χ0v) is 30.7. The molecule has 9 rings (SSSR count). The number of carbonyl (C=O) groups is 3. The van der Waals surface area contributed by atoms with Crippen molar-refractivity contribution in [2.24, 2.45) is 17.8 Å². The average molecular weight is 727 g/mol. The van der Waals surface area contributed by atoms with E-state index in [4.69, 9.17) is 14.2 Å². The van der Waals surface area contributed by atoms with E-state index in [9.17, 15) is 14.4 Å². The number of rotatable bonds is 9. The summed E-state index contributed by atoms with van der Waals surface area (Å²) >= 11 is 0. The molecule has 0 aromatic rings. The molecular weight excluding hydrogens is 667 g/mol. The molecule has 6 aliphatic heterocycles. The topological polar surface area (TPSA) is 116 Å². The molecule has 12 atom stereocenters. The van der Waals surface area contributed by atoms with E-state index in [0.717, 1.165) is 38.8 Å². The van der Waals surface area contributed by atoms with Gasteiger partial charge in [0.2, 0.25) is 5.91 Å². The predicted molar refractivity (Wildman–Crippen MR) is 190 cm³/mol. The number of alkyl halides is 1. The van der Waals surface area contributed by atoms with Gasteiger partial charge in [0, 0.05) is 70.4 Å². The quantitative estimate of drug-likeness (QED) is 0.268. The van der Waals surface area contributed by atoms with Crippen molar-refractivity contribution in [3.8, 4) is 0 Å². The van der Waals surface area contributed by atoms with Gasteiger partial charge in [-0.1, -0.05) is 12.8 Å². The van der Waals surface area contributed by atoms with Crippen molar-refractivity contribution >= 4 is 17.6 Å². The maximum atomic E-state index is 16.8. The number of nitrogens with one attached hydrogen (secondary N) is 2. The van der Waals surface area contributed by atoms with Crippen LogP contribution in [-0.4, -0.2) is 164 Å². The summed E-state index contributed by atoms with van der Waals surface area (Å²) in [6.45, 7) is 7.95. The van der Waals surface area contributed by atoms with Crippen molar-refractivity contribution < 1.29 is 33.0 Å². The molecular formula is C39H59FN6O6. The standard InChI is InChI=1S/C39H59FN6O6/c40-29-19-27-35-38(36(29)45-13-8-24(22-45)42-34(47)7-9-41-10-14-43-11-3-4-12-43)52-33-20-26-25-5-1-2-6-31(25)51-32(26)21-30(33)46(35)23-28(37(27)48)39(49)44-15-17-50-18-16-44/h23-27,29-33,35-36,38,41H,1-22H2,(H,42,47)/t24-,25?,26?,27?,29?,30?,31?,32?,33?,35?,36?,38?/m1/s1. The zero-order chi connectivity index (χ0) is 35.3. The van der Waals surface area contributed by atoms with E-state index in [1.807, 2.05) is 6.20 Å². The fourth-order valence-electron chi connectivity index (χ4n) is 11.8. The van der Waals surface area contributed by atoms with Crippen molar-refractivity contribution in [2.45, 2.75) is 125 Å². The monoisotopic (exact) mass is 726 g/mol. The first kappa shape index (κ1) is 35.5. The van der Waals surface area contributed by atoms with E-state index in [2.05, 4.69) is 25.3 Å². The van der Waals surface area contributed by atoms with Crippen LogP contribution in [0.2, 0.25) is 0 Å². The average Bonchev–Trinajstić information content (AvgIpc) is 3.92. The molecule has 13 heteroatoms. The van der Waals surface area contributed by atoms with Gasteiger partial charge in [-0.15, -0.1) is 0 Å². The number of morpholine rings is 2. The number of hydrogen-bond acceptors (Lipinski definition) is 10. The number of Topliss-reactive ketones (excluding diaryl/α,β-unsaturated/α-hetero) is 1. The first-order chi connectivity index (χ1) is 25.4. The molecule has 3 aliphatic carbocycles. The third-order valence-corrected chi connectivity index (χ3v) is 14.3. The normalized spacial score (nSPS) is 41.9. The van der Waals surface area contributed by atoms with E-state index in [1.54, 1.807) is 4.90 Å². The van der Waals surface area contributed by atoms with E-state index >= 15 is 4.39 Å². The van der Waals surface area contributed by atoms with Crippen LogP contribution < -0.4 is 10.6 Å². The van der Waals surface area contributed by atoms with E-state index in [1.165, 1.54) is 45.2 Å². The van der Waals surface area contributed by atoms with Gasteiger partial charge in [0.05, 0.1) is 61.3 Å². The lowest BCUT2D eigenvalue weighted by Gasteiger charge is -2.61. The van der Waals surface area contributed by atoms with Crippen molar-refractivity contribution in [1.82, 2.24) is 30.2 Å². The molecule has 0 radical (unpaired) electrons.